The Bertz CT molecular complexity index is 602. The molecule has 0 aliphatic carbocycles. The fourth-order valence-electron chi connectivity index (χ4n) is 2.94. The van der Waals surface area contributed by atoms with Gasteiger partial charge in [-0.05, 0) is 31.0 Å². The van der Waals surface area contributed by atoms with E-state index in [0.29, 0.717) is 32.7 Å². The number of carbonyl (C=O) groups is 2. The van der Waals surface area contributed by atoms with Gasteiger partial charge in [0, 0.05) is 25.2 Å². The number of hydrogen-bond acceptors (Lipinski definition) is 3. The van der Waals surface area contributed by atoms with Crippen LogP contribution >= 0.6 is 0 Å². The van der Waals surface area contributed by atoms with E-state index in [4.69, 9.17) is 4.74 Å². The number of morpholine rings is 1. The van der Waals surface area contributed by atoms with Crippen LogP contribution in [-0.2, 0) is 9.53 Å². The lowest BCUT2D eigenvalue weighted by Gasteiger charge is -2.45. The van der Waals surface area contributed by atoms with Crippen molar-refractivity contribution in [3.05, 3.63) is 29.3 Å². The van der Waals surface area contributed by atoms with Gasteiger partial charge in [-0.1, -0.05) is 12.1 Å². The highest BCUT2D eigenvalue weighted by Gasteiger charge is 2.38. The Morgan fingerprint density at radius 2 is 2.14 bits per heavy atom. The second-order valence-corrected chi connectivity index (χ2v) is 5.83. The topological polar surface area (TPSA) is 61.9 Å². The van der Waals surface area contributed by atoms with Gasteiger partial charge >= 0.3 is 6.03 Å². The van der Waals surface area contributed by atoms with Gasteiger partial charge in [0.15, 0.2) is 0 Å². The Morgan fingerprint density at radius 1 is 1.32 bits per heavy atom. The van der Waals surface area contributed by atoms with Gasteiger partial charge < -0.3 is 19.9 Å². The van der Waals surface area contributed by atoms with Crippen LogP contribution in [0.2, 0.25) is 0 Å². The Morgan fingerprint density at radius 3 is 2.95 bits per heavy atom. The highest BCUT2D eigenvalue weighted by molar-refractivity contribution is 5.92. The van der Waals surface area contributed by atoms with Crippen LogP contribution in [0.25, 0.3) is 0 Å². The molecule has 1 aromatic rings. The SMILES string of the molecule is Cc1ccc(C)c(NC(=O)N2CCC(=O)N3CCOCC32)c1. The maximum atomic E-state index is 12.6. The van der Waals surface area contributed by atoms with E-state index in [0.717, 1.165) is 16.8 Å². The zero-order valence-electron chi connectivity index (χ0n) is 13.0. The largest absolute Gasteiger partial charge is 0.376 e. The Hall–Kier alpha value is -2.08. The van der Waals surface area contributed by atoms with Crippen LogP contribution < -0.4 is 5.32 Å². The average molecular weight is 303 g/mol. The van der Waals surface area contributed by atoms with E-state index in [1.54, 1.807) is 9.80 Å². The van der Waals surface area contributed by atoms with Gasteiger partial charge in [-0.3, -0.25) is 4.79 Å². The second kappa shape index (κ2) is 5.96. The summed E-state index contributed by atoms with van der Waals surface area (Å²) in [5.41, 5.74) is 2.92. The number of carbonyl (C=O) groups excluding carboxylic acids is 2. The normalized spacial score (nSPS) is 21.5. The van der Waals surface area contributed by atoms with Gasteiger partial charge in [-0.25, -0.2) is 4.79 Å². The van der Waals surface area contributed by atoms with Crippen LogP contribution in [0.5, 0.6) is 0 Å². The molecule has 0 radical (unpaired) electrons. The van der Waals surface area contributed by atoms with E-state index in [1.165, 1.54) is 0 Å². The molecule has 2 saturated heterocycles. The molecule has 0 bridgehead atoms. The number of aryl methyl sites for hydroxylation is 2. The van der Waals surface area contributed by atoms with E-state index >= 15 is 0 Å². The third kappa shape index (κ3) is 2.78. The zero-order valence-corrected chi connectivity index (χ0v) is 13.0. The lowest BCUT2D eigenvalue weighted by Crippen LogP contribution is -2.63. The summed E-state index contributed by atoms with van der Waals surface area (Å²) in [6.07, 6.45) is 0.0802. The fraction of sp³-hybridized carbons (Fsp3) is 0.500. The molecule has 6 heteroatoms. The van der Waals surface area contributed by atoms with Crippen molar-refractivity contribution in [2.45, 2.75) is 26.4 Å². The number of urea groups is 1. The maximum Gasteiger partial charge on any atom is 0.323 e. The number of fused-ring (bicyclic) bond motifs is 1. The van der Waals surface area contributed by atoms with E-state index in [-0.39, 0.29) is 18.1 Å². The molecule has 22 heavy (non-hydrogen) atoms. The summed E-state index contributed by atoms with van der Waals surface area (Å²) in [6.45, 7) is 5.85. The van der Waals surface area contributed by atoms with Gasteiger partial charge in [0.25, 0.3) is 0 Å². The molecule has 1 N–H and O–H groups in total. The van der Waals surface area contributed by atoms with Crippen molar-refractivity contribution < 1.29 is 14.3 Å². The fourth-order valence-corrected chi connectivity index (χ4v) is 2.94. The highest BCUT2D eigenvalue weighted by Crippen LogP contribution is 2.22. The minimum absolute atomic E-state index is 0.101. The van der Waals surface area contributed by atoms with Crippen LogP contribution in [0.4, 0.5) is 10.5 Å². The molecular formula is C16H21N3O3. The summed E-state index contributed by atoms with van der Waals surface area (Å²) >= 11 is 0. The molecule has 3 amide bonds. The van der Waals surface area contributed by atoms with Crippen molar-refractivity contribution >= 4 is 17.6 Å². The van der Waals surface area contributed by atoms with Crippen LogP contribution in [0.1, 0.15) is 17.5 Å². The summed E-state index contributed by atoms with van der Waals surface area (Å²) in [5, 5.41) is 2.96. The summed E-state index contributed by atoms with van der Waals surface area (Å²) in [5.74, 6) is 0.101. The number of nitrogens with one attached hydrogen (secondary N) is 1. The summed E-state index contributed by atoms with van der Waals surface area (Å²) in [6, 6.07) is 5.78. The predicted molar refractivity (Wildman–Crippen MR) is 82.6 cm³/mol. The average Bonchev–Trinajstić information content (AvgIpc) is 2.51. The van der Waals surface area contributed by atoms with Crippen molar-refractivity contribution in [1.82, 2.24) is 9.80 Å². The minimum atomic E-state index is -0.292. The second-order valence-electron chi connectivity index (χ2n) is 5.83. The molecule has 2 fully saturated rings. The summed E-state index contributed by atoms with van der Waals surface area (Å²) in [4.78, 5) is 28.0. The molecule has 2 heterocycles. The molecule has 0 spiro atoms. The predicted octanol–water partition coefficient (Wildman–Crippen LogP) is 1.73. The molecule has 0 saturated carbocycles. The zero-order chi connectivity index (χ0) is 15.7. The first-order chi connectivity index (χ1) is 10.6. The van der Waals surface area contributed by atoms with E-state index < -0.39 is 0 Å². The van der Waals surface area contributed by atoms with Gasteiger partial charge in [-0.2, -0.15) is 0 Å². The first kappa shape index (κ1) is 14.8. The Labute approximate surface area is 130 Å². The summed E-state index contributed by atoms with van der Waals surface area (Å²) < 4.78 is 5.45. The molecule has 1 atom stereocenters. The lowest BCUT2D eigenvalue weighted by atomic mass is 10.1. The van der Waals surface area contributed by atoms with Crippen LogP contribution in [0.15, 0.2) is 18.2 Å². The van der Waals surface area contributed by atoms with E-state index in [1.807, 2.05) is 32.0 Å². The van der Waals surface area contributed by atoms with E-state index in [9.17, 15) is 9.59 Å². The lowest BCUT2D eigenvalue weighted by molar-refractivity contribution is -0.153. The summed E-state index contributed by atoms with van der Waals surface area (Å²) in [7, 11) is 0. The molecule has 3 rings (SSSR count). The van der Waals surface area contributed by atoms with Gasteiger partial charge in [0.2, 0.25) is 5.91 Å². The molecule has 2 aliphatic rings. The smallest absolute Gasteiger partial charge is 0.323 e. The van der Waals surface area contributed by atoms with Crippen molar-refractivity contribution in [1.29, 1.82) is 0 Å². The van der Waals surface area contributed by atoms with Crippen molar-refractivity contribution in [2.24, 2.45) is 0 Å². The molecule has 6 nitrogen and oxygen atoms in total. The van der Waals surface area contributed by atoms with E-state index in [2.05, 4.69) is 5.32 Å². The van der Waals surface area contributed by atoms with Crippen molar-refractivity contribution in [3.8, 4) is 0 Å². The number of anilines is 1. The first-order valence-corrected chi connectivity index (χ1v) is 7.58. The minimum Gasteiger partial charge on any atom is -0.376 e. The molecule has 118 valence electrons. The molecule has 1 aromatic carbocycles. The van der Waals surface area contributed by atoms with Crippen molar-refractivity contribution in [3.63, 3.8) is 0 Å². The number of amides is 3. The van der Waals surface area contributed by atoms with Crippen LogP contribution in [-0.4, -0.2) is 54.2 Å². The maximum absolute atomic E-state index is 12.6. The Balaban J connectivity index is 1.76. The number of benzene rings is 1. The third-order valence-corrected chi connectivity index (χ3v) is 4.25. The Kier molecular flexibility index (Phi) is 4.02. The monoisotopic (exact) mass is 303 g/mol. The van der Waals surface area contributed by atoms with Gasteiger partial charge in [0.05, 0.1) is 13.2 Å². The van der Waals surface area contributed by atoms with Crippen molar-refractivity contribution in [2.75, 3.05) is 31.6 Å². The molecule has 1 unspecified atom stereocenters. The first-order valence-electron chi connectivity index (χ1n) is 7.58. The number of rotatable bonds is 1. The van der Waals surface area contributed by atoms with Crippen LogP contribution in [0.3, 0.4) is 0 Å². The molecule has 0 aromatic heterocycles. The third-order valence-electron chi connectivity index (χ3n) is 4.25. The molecular weight excluding hydrogens is 282 g/mol. The number of nitrogens with zero attached hydrogens (tertiary/aromatic N) is 2. The number of hydrogen-bond donors (Lipinski definition) is 1. The molecule has 2 aliphatic heterocycles. The quantitative estimate of drug-likeness (QED) is 0.859. The highest BCUT2D eigenvalue weighted by atomic mass is 16.5. The standard InChI is InChI=1S/C16H21N3O3/c1-11-3-4-12(2)13(9-11)17-16(21)19-6-5-15(20)18-7-8-22-10-14(18)19/h3-4,9,14H,5-8,10H2,1-2H3,(H,17,21). The van der Waals surface area contributed by atoms with Crippen LogP contribution in [0, 0.1) is 13.8 Å². The number of ether oxygens (including phenoxy) is 1. The van der Waals surface area contributed by atoms with Gasteiger partial charge in [0.1, 0.15) is 6.17 Å². The van der Waals surface area contributed by atoms with Gasteiger partial charge in [-0.15, -0.1) is 0 Å².